The van der Waals surface area contributed by atoms with Crippen molar-refractivity contribution in [1.82, 2.24) is 15.1 Å². The highest BCUT2D eigenvalue weighted by Gasteiger charge is 2.23. The lowest BCUT2D eigenvalue weighted by Crippen LogP contribution is -2.37. The van der Waals surface area contributed by atoms with Crippen LogP contribution in [-0.4, -0.2) is 34.1 Å². The molecule has 2 atom stereocenters. The Hall–Kier alpha value is -1.39. The molecule has 0 radical (unpaired) electrons. The number of fused-ring (bicyclic) bond motifs is 1. The number of nitrogens with zero attached hydrogens (tertiary/aromatic N) is 2. The van der Waals surface area contributed by atoms with E-state index in [1.807, 2.05) is 16.8 Å². The third-order valence-corrected chi connectivity index (χ3v) is 4.32. The molecule has 2 heterocycles. The Morgan fingerprint density at radius 3 is 3.05 bits per heavy atom. The lowest BCUT2D eigenvalue weighted by atomic mass is 9.91. The Morgan fingerprint density at radius 1 is 1.45 bits per heavy atom. The minimum Gasteiger partial charge on any atom is -0.392 e. The maximum Gasteiger partial charge on any atom is 0.0729 e. The highest BCUT2D eigenvalue weighted by atomic mass is 16.3. The van der Waals surface area contributed by atoms with Crippen molar-refractivity contribution in [1.29, 1.82) is 0 Å². The fourth-order valence-electron chi connectivity index (χ4n) is 3.16. The first-order chi connectivity index (χ1) is 9.79. The van der Waals surface area contributed by atoms with Crippen LogP contribution >= 0.6 is 0 Å². The minimum atomic E-state index is -0.300. The van der Waals surface area contributed by atoms with Crippen LogP contribution in [0.2, 0.25) is 0 Å². The van der Waals surface area contributed by atoms with Crippen LogP contribution in [0.25, 0.3) is 10.9 Å². The molecule has 2 unspecified atom stereocenters. The van der Waals surface area contributed by atoms with Gasteiger partial charge in [-0.05, 0) is 38.3 Å². The lowest BCUT2D eigenvalue weighted by molar-refractivity contribution is 0.0914. The number of nitrogens with one attached hydrogen (secondary N) is 1. The van der Waals surface area contributed by atoms with Gasteiger partial charge in [0.1, 0.15) is 0 Å². The van der Waals surface area contributed by atoms with Crippen LogP contribution in [0, 0.1) is 5.92 Å². The quantitative estimate of drug-likeness (QED) is 0.895. The molecule has 3 rings (SSSR count). The molecular weight excluding hydrogens is 250 g/mol. The Kier molecular flexibility index (Phi) is 4.03. The molecule has 0 spiro atoms. The summed E-state index contributed by atoms with van der Waals surface area (Å²) in [5.74, 6) is 0.356. The van der Waals surface area contributed by atoms with Gasteiger partial charge >= 0.3 is 0 Å². The summed E-state index contributed by atoms with van der Waals surface area (Å²) >= 11 is 0. The van der Waals surface area contributed by atoms with Crippen molar-refractivity contribution in [3.8, 4) is 0 Å². The van der Waals surface area contributed by atoms with Crippen molar-refractivity contribution in [3.05, 3.63) is 30.0 Å². The van der Waals surface area contributed by atoms with Crippen molar-refractivity contribution < 1.29 is 5.11 Å². The Labute approximate surface area is 119 Å². The van der Waals surface area contributed by atoms with Gasteiger partial charge in [-0.1, -0.05) is 18.2 Å². The van der Waals surface area contributed by atoms with Crippen LogP contribution in [0.5, 0.6) is 0 Å². The average Bonchev–Trinajstić information content (AvgIpc) is 2.86. The number of benzene rings is 1. The van der Waals surface area contributed by atoms with Gasteiger partial charge in [0.25, 0.3) is 0 Å². The number of aliphatic hydroxyl groups excluding tert-OH is 1. The van der Waals surface area contributed by atoms with Crippen LogP contribution in [0.15, 0.2) is 24.3 Å². The van der Waals surface area contributed by atoms with E-state index in [2.05, 4.69) is 29.5 Å². The summed E-state index contributed by atoms with van der Waals surface area (Å²) in [6.45, 7) is 4.97. The summed E-state index contributed by atoms with van der Waals surface area (Å²) in [5.41, 5.74) is 2.19. The molecule has 0 saturated carbocycles. The third kappa shape index (κ3) is 2.58. The first kappa shape index (κ1) is 13.6. The monoisotopic (exact) mass is 273 g/mol. The van der Waals surface area contributed by atoms with Crippen molar-refractivity contribution in [3.63, 3.8) is 0 Å². The predicted octanol–water partition coefficient (Wildman–Crippen LogP) is 1.96. The number of aromatic nitrogens is 2. The number of rotatable bonds is 4. The summed E-state index contributed by atoms with van der Waals surface area (Å²) in [7, 11) is 0. The molecule has 1 aliphatic rings. The van der Waals surface area contributed by atoms with E-state index < -0.39 is 0 Å². The molecule has 1 fully saturated rings. The molecule has 20 heavy (non-hydrogen) atoms. The molecular formula is C16H23N3O. The summed E-state index contributed by atoms with van der Waals surface area (Å²) in [6, 6.07) is 8.29. The molecule has 108 valence electrons. The van der Waals surface area contributed by atoms with Gasteiger partial charge in [0.2, 0.25) is 0 Å². The van der Waals surface area contributed by atoms with Gasteiger partial charge in [0, 0.05) is 24.9 Å². The number of para-hydroxylation sites is 1. The fraction of sp³-hybridized carbons (Fsp3) is 0.562. The molecule has 2 aromatic rings. The van der Waals surface area contributed by atoms with Gasteiger partial charge in [-0.2, -0.15) is 5.10 Å². The van der Waals surface area contributed by atoms with E-state index in [1.54, 1.807) is 0 Å². The Bertz CT molecular complexity index is 572. The zero-order chi connectivity index (χ0) is 13.9. The zero-order valence-corrected chi connectivity index (χ0v) is 12.0. The maximum atomic E-state index is 10.5. The van der Waals surface area contributed by atoms with Crippen LogP contribution in [0.4, 0.5) is 0 Å². The molecule has 0 amide bonds. The summed E-state index contributed by atoms with van der Waals surface area (Å²) in [6.07, 6.45) is 2.62. The number of piperidine rings is 1. The first-order valence-corrected chi connectivity index (χ1v) is 7.62. The summed E-state index contributed by atoms with van der Waals surface area (Å²) < 4.78 is 2.02. The SMILES string of the molecule is CCn1nc(CC(O)C2CCCNC2)c2ccccc21. The summed E-state index contributed by atoms with van der Waals surface area (Å²) in [4.78, 5) is 0. The minimum absolute atomic E-state index is 0.300. The Balaban J connectivity index is 1.83. The van der Waals surface area contributed by atoms with Gasteiger partial charge in [0.05, 0.1) is 17.3 Å². The molecule has 1 aromatic carbocycles. The second kappa shape index (κ2) is 5.94. The first-order valence-electron chi connectivity index (χ1n) is 7.62. The largest absolute Gasteiger partial charge is 0.392 e. The molecule has 1 saturated heterocycles. The standard InChI is InChI=1S/C16H23N3O/c1-2-19-15-8-4-3-7-13(15)14(18-19)10-16(20)12-6-5-9-17-11-12/h3-4,7-8,12,16-17,20H,2,5-6,9-11H2,1H3. The second-order valence-corrected chi connectivity index (χ2v) is 5.66. The topological polar surface area (TPSA) is 50.1 Å². The smallest absolute Gasteiger partial charge is 0.0729 e. The molecule has 4 nitrogen and oxygen atoms in total. The molecule has 1 aromatic heterocycles. The third-order valence-electron chi connectivity index (χ3n) is 4.32. The van der Waals surface area contributed by atoms with E-state index in [-0.39, 0.29) is 6.10 Å². The van der Waals surface area contributed by atoms with Crippen molar-refractivity contribution >= 4 is 10.9 Å². The van der Waals surface area contributed by atoms with E-state index in [1.165, 1.54) is 10.9 Å². The average molecular weight is 273 g/mol. The van der Waals surface area contributed by atoms with Gasteiger partial charge in [0.15, 0.2) is 0 Å². The number of aliphatic hydroxyl groups is 1. The van der Waals surface area contributed by atoms with Crippen LogP contribution < -0.4 is 5.32 Å². The molecule has 0 bridgehead atoms. The van der Waals surface area contributed by atoms with Crippen molar-refractivity contribution in [2.24, 2.45) is 5.92 Å². The van der Waals surface area contributed by atoms with Gasteiger partial charge < -0.3 is 10.4 Å². The lowest BCUT2D eigenvalue weighted by Gasteiger charge is -2.26. The summed E-state index contributed by atoms with van der Waals surface area (Å²) in [5, 5.41) is 19.7. The molecule has 4 heteroatoms. The van der Waals surface area contributed by atoms with Gasteiger partial charge in [-0.25, -0.2) is 0 Å². The highest BCUT2D eigenvalue weighted by molar-refractivity contribution is 5.82. The van der Waals surface area contributed by atoms with Gasteiger partial charge in [-0.3, -0.25) is 4.68 Å². The highest BCUT2D eigenvalue weighted by Crippen LogP contribution is 2.23. The van der Waals surface area contributed by atoms with E-state index in [0.717, 1.165) is 38.2 Å². The zero-order valence-electron chi connectivity index (χ0n) is 12.0. The number of hydrogen-bond donors (Lipinski definition) is 2. The van der Waals surface area contributed by atoms with E-state index in [4.69, 9.17) is 0 Å². The van der Waals surface area contributed by atoms with E-state index >= 15 is 0 Å². The molecule has 1 aliphatic heterocycles. The molecule has 0 aliphatic carbocycles. The van der Waals surface area contributed by atoms with E-state index in [9.17, 15) is 5.11 Å². The Morgan fingerprint density at radius 2 is 2.30 bits per heavy atom. The van der Waals surface area contributed by atoms with Crippen molar-refractivity contribution in [2.75, 3.05) is 13.1 Å². The van der Waals surface area contributed by atoms with Gasteiger partial charge in [-0.15, -0.1) is 0 Å². The fourth-order valence-corrected chi connectivity index (χ4v) is 3.16. The van der Waals surface area contributed by atoms with Crippen molar-refractivity contribution in [2.45, 2.75) is 38.8 Å². The second-order valence-electron chi connectivity index (χ2n) is 5.66. The normalized spacial score (nSPS) is 21.2. The number of hydrogen-bond acceptors (Lipinski definition) is 3. The molecule has 2 N–H and O–H groups in total. The van der Waals surface area contributed by atoms with Crippen LogP contribution in [0.3, 0.4) is 0 Å². The van der Waals surface area contributed by atoms with Crippen LogP contribution in [0.1, 0.15) is 25.5 Å². The van der Waals surface area contributed by atoms with E-state index in [0.29, 0.717) is 12.3 Å². The maximum absolute atomic E-state index is 10.5. The van der Waals surface area contributed by atoms with Crippen LogP contribution in [-0.2, 0) is 13.0 Å². The predicted molar refractivity (Wildman–Crippen MR) is 80.7 cm³/mol. The number of aryl methyl sites for hydroxylation is 1.